The molecule has 1 heterocycles. The summed E-state index contributed by atoms with van der Waals surface area (Å²) in [6.07, 6.45) is -1.69. The fraction of sp³-hybridized carbons (Fsp3) is 0.417. The van der Waals surface area contributed by atoms with Crippen molar-refractivity contribution in [1.29, 1.82) is 0 Å². The Morgan fingerprint density at radius 1 is 1.22 bits per heavy atom. The van der Waals surface area contributed by atoms with Crippen molar-refractivity contribution in [3.8, 4) is 0 Å². The van der Waals surface area contributed by atoms with Crippen LogP contribution in [0.1, 0.15) is 5.56 Å². The van der Waals surface area contributed by atoms with Gasteiger partial charge in [-0.2, -0.15) is 0 Å². The van der Waals surface area contributed by atoms with Gasteiger partial charge in [0.1, 0.15) is 0 Å². The highest BCUT2D eigenvalue weighted by atomic mass is 35.5. The number of nitrogens with zero attached hydrogens (tertiary/aromatic N) is 1. The van der Waals surface area contributed by atoms with Gasteiger partial charge < -0.3 is 15.1 Å². The van der Waals surface area contributed by atoms with Crippen molar-refractivity contribution in [2.75, 3.05) is 13.1 Å². The maximum atomic E-state index is 12.0. The molecular weight excluding hydrogens is 277 g/mol. The van der Waals surface area contributed by atoms with Gasteiger partial charge >= 0.3 is 0 Å². The fourth-order valence-corrected chi connectivity index (χ4v) is 2.47. The number of likely N-dealkylation sites (tertiary alicyclic amines) is 1. The summed E-state index contributed by atoms with van der Waals surface area (Å²) in [6, 6.07) is 5.05. The molecule has 2 N–H and O–H groups in total. The average molecular weight is 290 g/mol. The Labute approximate surface area is 115 Å². The summed E-state index contributed by atoms with van der Waals surface area (Å²) in [7, 11) is 0. The number of carbonyl (C=O) groups excluding carboxylic acids is 1. The normalized spacial score (nSPS) is 23.4. The molecule has 2 rings (SSSR count). The number of aliphatic hydroxyl groups is 2. The minimum atomic E-state index is -0.879. The van der Waals surface area contributed by atoms with Gasteiger partial charge in [-0.1, -0.05) is 29.3 Å². The maximum absolute atomic E-state index is 12.0. The molecule has 2 atom stereocenters. The van der Waals surface area contributed by atoms with Crippen molar-refractivity contribution in [2.45, 2.75) is 18.6 Å². The van der Waals surface area contributed by atoms with E-state index >= 15 is 0 Å². The Morgan fingerprint density at radius 3 is 2.22 bits per heavy atom. The zero-order valence-corrected chi connectivity index (χ0v) is 11.0. The van der Waals surface area contributed by atoms with Crippen LogP contribution in [0.2, 0.25) is 10.0 Å². The van der Waals surface area contributed by atoms with E-state index in [0.29, 0.717) is 15.6 Å². The predicted octanol–water partition coefficient (Wildman–Crippen LogP) is 1.10. The van der Waals surface area contributed by atoms with Crippen molar-refractivity contribution < 1.29 is 15.0 Å². The molecule has 1 saturated heterocycles. The van der Waals surface area contributed by atoms with Gasteiger partial charge in [0, 0.05) is 23.1 Å². The lowest BCUT2D eigenvalue weighted by molar-refractivity contribution is -0.129. The SMILES string of the molecule is O=C(Cc1c(Cl)cccc1Cl)N1C[C@@H](O)[C@@H](O)C1. The lowest BCUT2D eigenvalue weighted by atomic mass is 10.1. The molecule has 1 aliphatic heterocycles. The molecule has 98 valence electrons. The minimum Gasteiger partial charge on any atom is -0.388 e. The Balaban J connectivity index is 2.08. The molecule has 1 aromatic rings. The molecule has 0 spiro atoms. The highest BCUT2D eigenvalue weighted by Gasteiger charge is 2.32. The van der Waals surface area contributed by atoms with Gasteiger partial charge in [0.2, 0.25) is 5.91 Å². The molecule has 1 amide bonds. The third-order valence-corrected chi connectivity index (χ3v) is 3.71. The summed E-state index contributed by atoms with van der Waals surface area (Å²) < 4.78 is 0. The Morgan fingerprint density at radius 2 is 1.72 bits per heavy atom. The number of benzene rings is 1. The standard InChI is InChI=1S/C12H13Cl2NO3/c13-8-2-1-3-9(14)7(8)4-12(18)15-5-10(16)11(17)6-15/h1-3,10-11,16-17H,4-6H2/t10-,11+. The number of hydrogen-bond acceptors (Lipinski definition) is 3. The van der Waals surface area contributed by atoms with Crippen LogP contribution in [0, 0.1) is 0 Å². The largest absolute Gasteiger partial charge is 0.388 e. The second-order valence-corrected chi connectivity index (χ2v) is 5.12. The van der Waals surface area contributed by atoms with Crippen LogP contribution < -0.4 is 0 Å². The maximum Gasteiger partial charge on any atom is 0.227 e. The van der Waals surface area contributed by atoms with Crippen LogP contribution >= 0.6 is 23.2 Å². The molecule has 0 aromatic heterocycles. The van der Waals surface area contributed by atoms with E-state index in [-0.39, 0.29) is 25.4 Å². The highest BCUT2D eigenvalue weighted by molar-refractivity contribution is 6.36. The van der Waals surface area contributed by atoms with Crippen molar-refractivity contribution >= 4 is 29.1 Å². The first kappa shape index (κ1) is 13.6. The van der Waals surface area contributed by atoms with Gasteiger partial charge in [-0.15, -0.1) is 0 Å². The first-order valence-electron chi connectivity index (χ1n) is 5.56. The van der Waals surface area contributed by atoms with Gasteiger partial charge in [0.05, 0.1) is 18.6 Å². The van der Waals surface area contributed by atoms with Crippen molar-refractivity contribution in [3.63, 3.8) is 0 Å². The molecule has 1 aromatic carbocycles. The van der Waals surface area contributed by atoms with E-state index in [2.05, 4.69) is 0 Å². The zero-order valence-electron chi connectivity index (χ0n) is 9.51. The van der Waals surface area contributed by atoms with Crippen molar-refractivity contribution in [3.05, 3.63) is 33.8 Å². The summed E-state index contributed by atoms with van der Waals surface area (Å²) in [4.78, 5) is 13.4. The first-order chi connectivity index (χ1) is 8.49. The van der Waals surface area contributed by atoms with Gasteiger partial charge in [0.15, 0.2) is 0 Å². The third kappa shape index (κ3) is 2.78. The van der Waals surface area contributed by atoms with Crippen molar-refractivity contribution in [2.24, 2.45) is 0 Å². The van der Waals surface area contributed by atoms with Gasteiger partial charge in [-0.3, -0.25) is 4.79 Å². The predicted molar refractivity (Wildman–Crippen MR) is 68.8 cm³/mol. The third-order valence-electron chi connectivity index (χ3n) is 3.00. The summed E-state index contributed by atoms with van der Waals surface area (Å²) in [5, 5.41) is 19.7. The number of carbonyl (C=O) groups is 1. The molecule has 6 heteroatoms. The first-order valence-corrected chi connectivity index (χ1v) is 6.31. The molecule has 0 radical (unpaired) electrons. The van der Waals surface area contributed by atoms with E-state index in [0.717, 1.165) is 0 Å². The topological polar surface area (TPSA) is 60.8 Å². The van der Waals surface area contributed by atoms with E-state index in [1.165, 1.54) is 4.90 Å². The van der Waals surface area contributed by atoms with Crippen LogP contribution in [0.5, 0.6) is 0 Å². The molecule has 18 heavy (non-hydrogen) atoms. The van der Waals surface area contributed by atoms with Gasteiger partial charge in [-0.05, 0) is 17.7 Å². The Kier molecular flexibility index (Phi) is 4.12. The zero-order chi connectivity index (χ0) is 13.3. The number of amides is 1. The molecule has 4 nitrogen and oxygen atoms in total. The summed E-state index contributed by atoms with van der Waals surface area (Å²) in [5.74, 6) is -0.208. The van der Waals surface area contributed by atoms with Crippen molar-refractivity contribution in [1.82, 2.24) is 4.90 Å². The molecule has 0 unspecified atom stereocenters. The molecule has 1 fully saturated rings. The smallest absolute Gasteiger partial charge is 0.227 e. The minimum absolute atomic E-state index is 0.0674. The van der Waals surface area contributed by atoms with Crippen LogP contribution in [-0.2, 0) is 11.2 Å². The summed E-state index contributed by atoms with van der Waals surface area (Å²) in [6.45, 7) is 0.282. The quantitative estimate of drug-likeness (QED) is 0.857. The molecular formula is C12H13Cl2NO3. The monoisotopic (exact) mass is 289 g/mol. The van der Waals surface area contributed by atoms with Crippen LogP contribution in [0.4, 0.5) is 0 Å². The number of β-amino-alcohol motifs (C(OH)–C–C–N with tert-alkyl or cyclic N) is 2. The van der Waals surface area contributed by atoms with Crippen LogP contribution in [-0.4, -0.2) is 46.3 Å². The van der Waals surface area contributed by atoms with Crippen LogP contribution in [0.25, 0.3) is 0 Å². The van der Waals surface area contributed by atoms with E-state index in [1.807, 2.05) is 0 Å². The molecule has 0 bridgehead atoms. The molecule has 1 aliphatic rings. The Bertz CT molecular complexity index is 436. The van der Waals surface area contributed by atoms with E-state index in [4.69, 9.17) is 23.2 Å². The number of halogens is 2. The van der Waals surface area contributed by atoms with E-state index in [1.54, 1.807) is 18.2 Å². The lowest BCUT2D eigenvalue weighted by Gasteiger charge is -2.16. The summed E-state index contributed by atoms with van der Waals surface area (Å²) in [5.41, 5.74) is 0.571. The van der Waals surface area contributed by atoms with Gasteiger partial charge in [0.25, 0.3) is 0 Å². The fourth-order valence-electron chi connectivity index (χ4n) is 1.94. The van der Waals surface area contributed by atoms with Gasteiger partial charge in [-0.25, -0.2) is 0 Å². The highest BCUT2D eigenvalue weighted by Crippen LogP contribution is 2.25. The van der Waals surface area contributed by atoms with E-state index in [9.17, 15) is 15.0 Å². The number of rotatable bonds is 2. The average Bonchev–Trinajstić information content (AvgIpc) is 2.64. The lowest BCUT2D eigenvalue weighted by Crippen LogP contribution is -2.31. The second kappa shape index (κ2) is 5.45. The number of aliphatic hydroxyl groups excluding tert-OH is 2. The summed E-state index contributed by atoms with van der Waals surface area (Å²) >= 11 is 12.0. The molecule has 0 saturated carbocycles. The van der Waals surface area contributed by atoms with E-state index < -0.39 is 12.2 Å². The second-order valence-electron chi connectivity index (χ2n) is 4.31. The Hall–Kier alpha value is -0.810. The molecule has 0 aliphatic carbocycles. The number of hydrogen-bond donors (Lipinski definition) is 2. The van der Waals surface area contributed by atoms with Crippen LogP contribution in [0.3, 0.4) is 0 Å². The van der Waals surface area contributed by atoms with Crippen LogP contribution in [0.15, 0.2) is 18.2 Å².